The van der Waals surface area contributed by atoms with Crippen LogP contribution in [0.25, 0.3) is 11.0 Å². The van der Waals surface area contributed by atoms with Crippen LogP contribution in [0, 0.1) is 0 Å². The van der Waals surface area contributed by atoms with Crippen LogP contribution in [0.5, 0.6) is 0 Å². The van der Waals surface area contributed by atoms with E-state index in [2.05, 4.69) is 26.9 Å². The van der Waals surface area contributed by atoms with Gasteiger partial charge < -0.3 is 19.0 Å². The Morgan fingerprint density at radius 2 is 1.93 bits per heavy atom. The first-order valence-electron chi connectivity index (χ1n) is 9.98. The van der Waals surface area contributed by atoms with E-state index in [1.54, 1.807) is 0 Å². The van der Waals surface area contributed by atoms with E-state index in [0.29, 0.717) is 18.6 Å². The van der Waals surface area contributed by atoms with Gasteiger partial charge in [0.15, 0.2) is 0 Å². The van der Waals surface area contributed by atoms with Gasteiger partial charge in [-0.05, 0) is 69.8 Å². The zero-order valence-electron chi connectivity index (χ0n) is 15.8. The van der Waals surface area contributed by atoms with Gasteiger partial charge in [-0.1, -0.05) is 15.9 Å². The van der Waals surface area contributed by atoms with Crippen molar-refractivity contribution in [2.45, 2.75) is 44.6 Å². The number of fused-ring (bicyclic) bond motifs is 1. The van der Waals surface area contributed by atoms with Crippen molar-refractivity contribution < 1.29 is 13.9 Å². The lowest BCUT2D eigenvalue weighted by Crippen LogP contribution is -2.48. The first-order chi connectivity index (χ1) is 13.2. The third-order valence-electron chi connectivity index (χ3n) is 6.04. The summed E-state index contributed by atoms with van der Waals surface area (Å²) in [7, 11) is 0. The van der Waals surface area contributed by atoms with Gasteiger partial charge in [0.25, 0.3) is 0 Å². The number of piperidine rings is 2. The van der Waals surface area contributed by atoms with Crippen molar-refractivity contribution in [3.05, 3.63) is 34.5 Å². The summed E-state index contributed by atoms with van der Waals surface area (Å²) < 4.78 is 12.0. The van der Waals surface area contributed by atoms with Gasteiger partial charge in [0.2, 0.25) is 0 Å². The molecule has 2 aliphatic rings. The molecule has 2 fully saturated rings. The van der Waals surface area contributed by atoms with Crippen LogP contribution in [0.4, 0.5) is 4.79 Å². The topological polar surface area (TPSA) is 45.9 Å². The number of furan rings is 1. The predicted octanol–water partition coefficient (Wildman–Crippen LogP) is 5.00. The summed E-state index contributed by atoms with van der Waals surface area (Å²) in [6.45, 7) is 6.17. The molecule has 3 heterocycles. The van der Waals surface area contributed by atoms with E-state index in [0.717, 1.165) is 49.1 Å². The lowest BCUT2D eigenvalue weighted by Gasteiger charge is -2.41. The molecular weight excluding hydrogens is 408 g/mol. The van der Waals surface area contributed by atoms with Gasteiger partial charge in [-0.2, -0.15) is 0 Å². The highest BCUT2D eigenvalue weighted by molar-refractivity contribution is 9.10. The van der Waals surface area contributed by atoms with Gasteiger partial charge in [-0.15, -0.1) is 0 Å². The number of hydrogen-bond acceptors (Lipinski definition) is 4. The lowest BCUT2D eigenvalue weighted by molar-refractivity contribution is 0.0663. The van der Waals surface area contributed by atoms with E-state index in [1.165, 1.54) is 23.8 Å². The molecule has 0 atom stereocenters. The molecule has 2 aromatic rings. The number of rotatable bonds is 3. The molecule has 0 radical (unpaired) electrons. The molecule has 1 amide bonds. The molecule has 0 N–H and O–H groups in total. The lowest BCUT2D eigenvalue weighted by atomic mass is 9.88. The number of halogens is 1. The fourth-order valence-corrected chi connectivity index (χ4v) is 4.90. The number of hydrogen-bond donors (Lipinski definition) is 0. The Balaban J connectivity index is 1.33. The Kier molecular flexibility index (Phi) is 5.74. The van der Waals surface area contributed by atoms with Crippen molar-refractivity contribution in [2.24, 2.45) is 0 Å². The van der Waals surface area contributed by atoms with Crippen molar-refractivity contribution in [2.75, 3.05) is 32.8 Å². The SMILES string of the molecule is CCOC(=O)N1CCC(N2CCC(c3coc4ccc(Br)cc34)CC2)CC1. The smallest absolute Gasteiger partial charge is 0.409 e. The van der Waals surface area contributed by atoms with E-state index in [1.807, 2.05) is 30.2 Å². The molecule has 0 saturated carbocycles. The molecule has 4 rings (SSSR count). The number of likely N-dealkylation sites (tertiary alicyclic amines) is 2. The van der Waals surface area contributed by atoms with Gasteiger partial charge in [0, 0.05) is 34.6 Å². The molecule has 146 valence electrons. The molecule has 0 unspecified atom stereocenters. The van der Waals surface area contributed by atoms with Crippen LogP contribution >= 0.6 is 15.9 Å². The Labute approximate surface area is 168 Å². The van der Waals surface area contributed by atoms with Crippen molar-refractivity contribution in [3.63, 3.8) is 0 Å². The first kappa shape index (κ1) is 18.8. The van der Waals surface area contributed by atoms with Crippen LogP contribution < -0.4 is 0 Å². The number of nitrogens with zero attached hydrogens (tertiary/aromatic N) is 2. The van der Waals surface area contributed by atoms with Gasteiger partial charge in [-0.3, -0.25) is 0 Å². The van der Waals surface area contributed by atoms with E-state index < -0.39 is 0 Å². The molecular formula is C21H27BrN2O3. The molecule has 1 aromatic heterocycles. The van der Waals surface area contributed by atoms with Crippen molar-refractivity contribution in [1.29, 1.82) is 0 Å². The Bertz CT molecular complexity index is 790. The van der Waals surface area contributed by atoms with Crippen LogP contribution in [0.3, 0.4) is 0 Å². The van der Waals surface area contributed by atoms with E-state index in [-0.39, 0.29) is 6.09 Å². The minimum absolute atomic E-state index is 0.160. The Morgan fingerprint density at radius 3 is 2.63 bits per heavy atom. The third-order valence-corrected chi connectivity index (χ3v) is 6.53. The van der Waals surface area contributed by atoms with Gasteiger partial charge in [-0.25, -0.2) is 4.79 Å². The average Bonchev–Trinajstić information content (AvgIpc) is 3.11. The molecule has 5 nitrogen and oxygen atoms in total. The van der Waals surface area contributed by atoms with Crippen LogP contribution in [0.2, 0.25) is 0 Å². The number of carbonyl (C=O) groups excluding carboxylic acids is 1. The second kappa shape index (κ2) is 8.23. The third kappa shape index (κ3) is 4.02. The molecule has 1 aromatic carbocycles. The zero-order chi connectivity index (χ0) is 18.8. The fourth-order valence-electron chi connectivity index (χ4n) is 4.54. The van der Waals surface area contributed by atoms with Gasteiger partial charge >= 0.3 is 6.09 Å². The quantitative estimate of drug-likeness (QED) is 0.681. The maximum Gasteiger partial charge on any atom is 0.409 e. The second-order valence-electron chi connectivity index (χ2n) is 7.56. The van der Waals surface area contributed by atoms with Crippen LogP contribution in [-0.2, 0) is 4.74 Å². The first-order valence-corrected chi connectivity index (χ1v) is 10.8. The monoisotopic (exact) mass is 434 g/mol. The standard InChI is InChI=1S/C21H27BrN2O3/c1-2-26-21(25)24-11-7-17(8-12-24)23-9-5-15(6-10-23)19-14-27-20-4-3-16(22)13-18(19)20/h3-4,13-15,17H,2,5-12H2,1H3. The van der Waals surface area contributed by atoms with E-state index in [9.17, 15) is 4.79 Å². The maximum atomic E-state index is 11.9. The molecule has 0 spiro atoms. The Hall–Kier alpha value is -1.53. The highest BCUT2D eigenvalue weighted by Crippen LogP contribution is 2.36. The summed E-state index contributed by atoms with van der Waals surface area (Å²) in [5, 5.41) is 1.24. The normalized spacial score (nSPS) is 20.3. The largest absolute Gasteiger partial charge is 0.464 e. The summed E-state index contributed by atoms with van der Waals surface area (Å²) in [6.07, 6.45) is 6.22. The van der Waals surface area contributed by atoms with Crippen molar-refractivity contribution in [3.8, 4) is 0 Å². The zero-order valence-corrected chi connectivity index (χ0v) is 17.4. The number of carbonyl (C=O) groups is 1. The number of amides is 1. The van der Waals surface area contributed by atoms with Gasteiger partial charge in [0.05, 0.1) is 12.9 Å². The van der Waals surface area contributed by atoms with Crippen LogP contribution in [0.15, 0.2) is 33.4 Å². The highest BCUT2D eigenvalue weighted by atomic mass is 79.9. The molecule has 2 saturated heterocycles. The highest BCUT2D eigenvalue weighted by Gasteiger charge is 2.31. The minimum Gasteiger partial charge on any atom is -0.464 e. The fraction of sp³-hybridized carbons (Fsp3) is 0.571. The molecule has 6 heteroatoms. The average molecular weight is 435 g/mol. The Morgan fingerprint density at radius 1 is 1.19 bits per heavy atom. The van der Waals surface area contributed by atoms with Crippen molar-refractivity contribution >= 4 is 33.0 Å². The molecule has 2 aliphatic heterocycles. The van der Waals surface area contributed by atoms with Crippen LogP contribution in [0.1, 0.15) is 44.1 Å². The summed E-state index contributed by atoms with van der Waals surface area (Å²) in [6, 6.07) is 6.83. The molecule has 27 heavy (non-hydrogen) atoms. The van der Waals surface area contributed by atoms with Crippen LogP contribution in [-0.4, -0.2) is 54.7 Å². The maximum absolute atomic E-state index is 11.9. The van der Waals surface area contributed by atoms with E-state index in [4.69, 9.17) is 9.15 Å². The van der Waals surface area contributed by atoms with Gasteiger partial charge in [0.1, 0.15) is 5.58 Å². The second-order valence-corrected chi connectivity index (χ2v) is 8.47. The number of ether oxygens (including phenoxy) is 1. The summed E-state index contributed by atoms with van der Waals surface area (Å²) in [5.41, 5.74) is 2.32. The van der Waals surface area contributed by atoms with E-state index >= 15 is 0 Å². The summed E-state index contributed by atoms with van der Waals surface area (Å²) in [5.74, 6) is 0.566. The predicted molar refractivity (Wildman–Crippen MR) is 109 cm³/mol. The molecule has 0 aliphatic carbocycles. The number of benzene rings is 1. The molecule has 0 bridgehead atoms. The minimum atomic E-state index is -0.160. The summed E-state index contributed by atoms with van der Waals surface area (Å²) >= 11 is 3.57. The van der Waals surface area contributed by atoms with Crippen molar-refractivity contribution in [1.82, 2.24) is 9.80 Å². The summed E-state index contributed by atoms with van der Waals surface area (Å²) in [4.78, 5) is 16.3.